The molecule has 210 valence electrons. The van der Waals surface area contributed by atoms with E-state index in [1.54, 1.807) is 32.2 Å². The van der Waals surface area contributed by atoms with Gasteiger partial charge in [0.05, 0.1) is 12.6 Å². The number of benzene rings is 2. The fraction of sp³-hybridized carbons (Fsp3) is 0.414. The number of carbonyl (C=O) groups is 3. The van der Waals surface area contributed by atoms with Crippen LogP contribution in [0.3, 0.4) is 0 Å². The quantitative estimate of drug-likeness (QED) is 0.301. The molecule has 2 aromatic rings. The number of rotatable bonds is 7. The van der Waals surface area contributed by atoms with Gasteiger partial charge in [-0.25, -0.2) is 0 Å². The number of nitrogens with zero attached hydrogens (tertiary/aromatic N) is 1. The molecule has 3 atom stereocenters. The molecule has 0 unspecified atom stereocenters. The van der Waals surface area contributed by atoms with E-state index in [4.69, 9.17) is 22.1 Å². The molecule has 1 saturated heterocycles. The highest BCUT2D eigenvalue weighted by atomic mass is 79.9. The number of nitrogens with two attached hydrogens (primary N) is 1. The largest absolute Gasteiger partial charge is 0.385 e. The number of methoxy groups -OCH3 is 1. The van der Waals surface area contributed by atoms with Gasteiger partial charge in [0.25, 0.3) is 0 Å². The van der Waals surface area contributed by atoms with Crippen LogP contribution < -0.4 is 11.1 Å². The van der Waals surface area contributed by atoms with Gasteiger partial charge >= 0.3 is 0 Å². The van der Waals surface area contributed by atoms with E-state index < -0.39 is 31.4 Å². The van der Waals surface area contributed by atoms with Crippen LogP contribution in [0.2, 0.25) is 30.7 Å². The molecule has 2 heterocycles. The summed E-state index contributed by atoms with van der Waals surface area (Å²) in [7, 11) is 0.961. The molecular weight excluding hydrogens is 598 g/mol. The summed E-state index contributed by atoms with van der Waals surface area (Å²) in [6.07, 6.45) is 0.0281. The molecule has 1 spiro atoms. The maximum Gasteiger partial charge on any atom is 0.238 e. The van der Waals surface area contributed by atoms with Crippen molar-refractivity contribution in [3.8, 4) is 0 Å². The fourth-order valence-electron chi connectivity index (χ4n) is 5.49. The van der Waals surface area contributed by atoms with Crippen LogP contribution in [-0.4, -0.2) is 57.0 Å². The molecule has 0 bridgehead atoms. The lowest BCUT2D eigenvalue weighted by molar-refractivity contribution is -0.146. The number of hydrogen-bond donors (Lipinski definition) is 2. The van der Waals surface area contributed by atoms with E-state index in [0.29, 0.717) is 16.3 Å². The minimum Gasteiger partial charge on any atom is -0.385 e. The van der Waals surface area contributed by atoms with E-state index in [0.717, 1.165) is 22.2 Å². The Morgan fingerprint density at radius 1 is 1.26 bits per heavy atom. The molecule has 10 heteroatoms. The number of primary amides is 1. The van der Waals surface area contributed by atoms with Crippen LogP contribution in [0.15, 0.2) is 59.1 Å². The molecule has 39 heavy (non-hydrogen) atoms. The van der Waals surface area contributed by atoms with Crippen molar-refractivity contribution in [3.63, 3.8) is 0 Å². The van der Waals surface area contributed by atoms with Gasteiger partial charge in [-0.2, -0.15) is 0 Å². The first-order valence-corrected chi connectivity index (χ1v) is 17.7. The Kier molecular flexibility index (Phi) is 9.86. The van der Waals surface area contributed by atoms with Crippen LogP contribution >= 0.6 is 27.5 Å². The van der Waals surface area contributed by atoms with Crippen molar-refractivity contribution in [2.75, 3.05) is 25.6 Å². The topological polar surface area (TPSA) is 102 Å². The monoisotopic (exact) mass is 633 g/mol. The second-order valence-corrected chi connectivity index (χ2v) is 18.3. The predicted molar refractivity (Wildman–Crippen MR) is 163 cm³/mol. The number of nitrogens with one attached hydrogen (secondary N) is 1. The van der Waals surface area contributed by atoms with E-state index >= 15 is 0 Å². The molecule has 2 aliphatic rings. The zero-order valence-corrected chi connectivity index (χ0v) is 26.5. The lowest BCUT2D eigenvalue weighted by atomic mass is 9.58. The number of carbonyl (C=O) groups excluding carboxylic acids is 3. The summed E-state index contributed by atoms with van der Waals surface area (Å²) in [5, 5.41) is 3.50. The SMILES string of the molecule is C=C(C)[C@@H]1N(CC(N)=O)C(=O)C[C@H](c2cccc(Cl)c2)[C@@]12C(=O)Nc1cc(Br)ccc12.COCC[Si](C)(C)C. The number of fused-ring (bicyclic) bond motifs is 2. The van der Waals surface area contributed by atoms with E-state index in [1.807, 2.05) is 24.3 Å². The van der Waals surface area contributed by atoms with Crippen molar-refractivity contribution < 1.29 is 19.1 Å². The van der Waals surface area contributed by atoms with E-state index in [-0.39, 0.29) is 24.8 Å². The van der Waals surface area contributed by atoms with Crippen molar-refractivity contribution in [2.45, 2.75) is 56.4 Å². The summed E-state index contributed by atoms with van der Waals surface area (Å²) < 4.78 is 5.77. The molecule has 0 saturated carbocycles. The van der Waals surface area contributed by atoms with Gasteiger partial charge < -0.3 is 20.7 Å². The van der Waals surface area contributed by atoms with Crippen molar-refractivity contribution >= 4 is 59.0 Å². The molecular formula is C29H37BrClN3O4Si. The summed E-state index contributed by atoms with van der Waals surface area (Å²) in [6, 6.07) is 13.3. The lowest BCUT2D eigenvalue weighted by Gasteiger charge is -2.51. The summed E-state index contributed by atoms with van der Waals surface area (Å²) >= 11 is 9.72. The van der Waals surface area contributed by atoms with Crippen LogP contribution in [0, 0.1) is 0 Å². The van der Waals surface area contributed by atoms with Crippen molar-refractivity contribution in [3.05, 3.63) is 75.2 Å². The summed E-state index contributed by atoms with van der Waals surface area (Å²) in [6.45, 7) is 13.6. The molecule has 1 fully saturated rings. The minimum atomic E-state index is -1.18. The molecule has 4 rings (SSSR count). The van der Waals surface area contributed by atoms with E-state index in [1.165, 1.54) is 10.9 Å². The van der Waals surface area contributed by atoms with Crippen LogP contribution in [0.4, 0.5) is 5.69 Å². The maximum absolute atomic E-state index is 13.8. The third-order valence-corrected chi connectivity index (χ3v) is 9.58. The van der Waals surface area contributed by atoms with Gasteiger partial charge in [0.15, 0.2) is 0 Å². The zero-order chi connectivity index (χ0) is 29.1. The smallest absolute Gasteiger partial charge is 0.238 e. The van der Waals surface area contributed by atoms with E-state index in [2.05, 4.69) is 47.5 Å². The molecule has 3 amide bonds. The van der Waals surface area contributed by atoms with Crippen molar-refractivity contribution in [2.24, 2.45) is 5.73 Å². The maximum atomic E-state index is 13.8. The summed E-state index contributed by atoms with van der Waals surface area (Å²) in [5.74, 6) is -1.67. The molecule has 3 N–H and O–H groups in total. The standard InChI is InChI=1S/C23H21BrClN3O3.C6H16OSi/c1-12(2)21-23(16-7-6-14(24)9-18(16)27-22(23)31)17(13-4-3-5-15(25)8-13)10-20(30)28(21)11-19(26)29;1-7-5-6-8(2,3)4/h3-9,17,21H,1,10-11H2,2H3,(H2,26,29)(H,27,31);5-6H2,1-4H3/t17-,21+,23-;/m1./s1. The number of ether oxygens (including phenoxy) is 1. The first-order valence-electron chi connectivity index (χ1n) is 12.8. The van der Waals surface area contributed by atoms with Gasteiger partial charge in [0.2, 0.25) is 17.7 Å². The van der Waals surface area contributed by atoms with Gasteiger partial charge in [-0.3, -0.25) is 14.4 Å². The Hall–Kier alpha value is -2.46. The summed E-state index contributed by atoms with van der Waals surface area (Å²) in [4.78, 5) is 40.2. The Bertz CT molecular complexity index is 1280. The number of anilines is 1. The number of amides is 3. The number of halogens is 2. The number of likely N-dealkylation sites (tertiary alicyclic amines) is 1. The van der Waals surface area contributed by atoms with Crippen molar-refractivity contribution in [1.29, 1.82) is 0 Å². The van der Waals surface area contributed by atoms with Gasteiger partial charge in [0, 0.05) is 49.3 Å². The minimum absolute atomic E-state index is 0.0281. The molecule has 2 aliphatic heterocycles. The second-order valence-electron chi connectivity index (χ2n) is 11.4. The van der Waals surface area contributed by atoms with Crippen LogP contribution in [-0.2, 0) is 24.5 Å². The predicted octanol–water partition coefficient (Wildman–Crippen LogP) is 5.71. The normalized spacial score (nSPS) is 22.2. The molecule has 0 radical (unpaired) electrons. The Balaban J connectivity index is 0.000000459. The highest BCUT2D eigenvalue weighted by molar-refractivity contribution is 9.10. The van der Waals surface area contributed by atoms with Crippen molar-refractivity contribution in [1.82, 2.24) is 4.90 Å². The van der Waals surface area contributed by atoms with Gasteiger partial charge in [-0.15, -0.1) is 0 Å². The highest BCUT2D eigenvalue weighted by Crippen LogP contribution is 2.56. The highest BCUT2D eigenvalue weighted by Gasteiger charge is 2.63. The zero-order valence-electron chi connectivity index (χ0n) is 23.1. The molecule has 0 aromatic heterocycles. The second kappa shape index (κ2) is 12.4. The average Bonchev–Trinajstić information content (AvgIpc) is 3.10. The van der Waals surface area contributed by atoms with Crippen LogP contribution in [0.1, 0.15) is 30.4 Å². The fourth-order valence-corrected chi connectivity index (χ4v) is 6.87. The van der Waals surface area contributed by atoms with Crippen LogP contribution in [0.5, 0.6) is 0 Å². The Labute approximate surface area is 245 Å². The third kappa shape index (κ3) is 6.65. The third-order valence-electron chi connectivity index (χ3n) is 7.14. The molecule has 7 nitrogen and oxygen atoms in total. The molecule has 0 aliphatic carbocycles. The summed E-state index contributed by atoms with van der Waals surface area (Å²) in [5.41, 5.74) is 7.05. The first-order chi connectivity index (χ1) is 18.2. The van der Waals surface area contributed by atoms with Gasteiger partial charge in [0.1, 0.15) is 5.41 Å². The van der Waals surface area contributed by atoms with Gasteiger partial charge in [-0.1, -0.05) is 77.5 Å². The van der Waals surface area contributed by atoms with E-state index in [9.17, 15) is 14.4 Å². The van der Waals surface area contributed by atoms with Gasteiger partial charge in [-0.05, 0) is 48.4 Å². The first kappa shape index (κ1) is 31.1. The number of piperidine rings is 1. The Morgan fingerprint density at radius 3 is 2.49 bits per heavy atom. The average molecular weight is 635 g/mol. The number of hydrogen-bond acceptors (Lipinski definition) is 4. The molecule has 2 aromatic carbocycles. The lowest BCUT2D eigenvalue weighted by Crippen LogP contribution is -2.64. The van der Waals surface area contributed by atoms with Crippen LogP contribution in [0.25, 0.3) is 0 Å². The Morgan fingerprint density at radius 2 is 1.95 bits per heavy atom.